The van der Waals surface area contributed by atoms with Crippen molar-refractivity contribution in [2.24, 2.45) is 0 Å². The largest absolute Gasteiger partial charge is 1.00 e. The van der Waals surface area contributed by atoms with Crippen LogP contribution in [0, 0.1) is 0 Å². The number of aromatic nitrogens is 2. The molecule has 0 bridgehead atoms. The second kappa shape index (κ2) is 6.90. The van der Waals surface area contributed by atoms with Crippen molar-refractivity contribution in [1.29, 1.82) is 0 Å². The molecule has 0 saturated carbocycles. The maximum absolute atomic E-state index is 4.25. The van der Waals surface area contributed by atoms with E-state index in [-0.39, 0.29) is 17.0 Å². The van der Waals surface area contributed by atoms with Crippen LogP contribution in [0.3, 0.4) is 0 Å². The average Bonchev–Trinajstić information content (AvgIpc) is 2.21. The van der Waals surface area contributed by atoms with E-state index in [9.17, 15) is 0 Å². The Balaban J connectivity index is 0.000000980. The maximum atomic E-state index is 4.25. The van der Waals surface area contributed by atoms with Gasteiger partial charge in [0.15, 0.2) is 0 Å². The quantitative estimate of drug-likeness (QED) is 0.485. The van der Waals surface area contributed by atoms with Crippen LogP contribution in [0.4, 0.5) is 0 Å². The van der Waals surface area contributed by atoms with Gasteiger partial charge in [0.1, 0.15) is 0 Å². The van der Waals surface area contributed by atoms with Crippen molar-refractivity contribution in [3.05, 3.63) is 28.8 Å². The molecule has 0 saturated heterocycles. The summed E-state index contributed by atoms with van der Waals surface area (Å²) < 4.78 is 0.649. The number of H-pyrrole nitrogens is 1. The third kappa shape index (κ3) is 3.95. The first-order valence-corrected chi connectivity index (χ1v) is 7.89. The number of hydrogen-bond donors (Lipinski definition) is 0. The Morgan fingerprint density at radius 2 is 2.57 bits per heavy atom. The molecule has 0 fully saturated rings. The molecule has 1 aliphatic rings. The summed E-state index contributed by atoms with van der Waals surface area (Å²) in [6, 6.07) is 1.90. The molecule has 0 spiro atoms. The van der Waals surface area contributed by atoms with Gasteiger partial charge in [-0.15, -0.1) is 0 Å². The maximum Gasteiger partial charge on any atom is -1.00 e. The Labute approximate surface area is 109 Å². The summed E-state index contributed by atoms with van der Waals surface area (Å²) in [5.74, 6) is 0. The van der Waals surface area contributed by atoms with E-state index in [0.717, 1.165) is 5.16 Å². The molecule has 0 radical (unpaired) electrons. The number of nitrogens with zero attached hydrogens (tertiary/aromatic N) is 1. The summed E-state index contributed by atoms with van der Waals surface area (Å²) in [6.07, 6.45) is 3.75. The standard InChI is InChI=1S/C8H8N2S2Se.BrH/c1-2-9-8(10-3-1)12-7-6-13-5-4-11-7;/h1-5,7H,6H2;1H. The van der Waals surface area contributed by atoms with E-state index >= 15 is 0 Å². The van der Waals surface area contributed by atoms with Crippen molar-refractivity contribution in [3.8, 4) is 0 Å². The first kappa shape index (κ1) is 12.6. The summed E-state index contributed by atoms with van der Waals surface area (Å²) in [6.45, 7) is 0. The molecule has 2 rings (SSSR count). The molecule has 0 amide bonds. The van der Waals surface area contributed by atoms with E-state index < -0.39 is 0 Å². The second-order valence-electron chi connectivity index (χ2n) is 2.38. The first-order chi connectivity index (χ1) is 6.45. The van der Waals surface area contributed by atoms with Crippen molar-refractivity contribution in [1.82, 2.24) is 4.98 Å². The molecular formula is C8H9BrN2S2Se. The Morgan fingerprint density at radius 1 is 1.64 bits per heavy atom. The number of thioether (sulfide) groups is 2. The number of rotatable bonds is 2. The molecular weight excluding hydrogens is 347 g/mol. The van der Waals surface area contributed by atoms with Crippen molar-refractivity contribution in [3.63, 3.8) is 0 Å². The minimum Gasteiger partial charge on any atom is -1.00 e. The van der Waals surface area contributed by atoms with Gasteiger partial charge in [0.2, 0.25) is 0 Å². The summed E-state index contributed by atoms with van der Waals surface area (Å²) in [4.78, 5) is 9.68. The van der Waals surface area contributed by atoms with Crippen LogP contribution in [0.2, 0.25) is 5.32 Å². The molecule has 14 heavy (non-hydrogen) atoms. The fourth-order valence-electron chi connectivity index (χ4n) is 0.894. The van der Waals surface area contributed by atoms with Crippen LogP contribution in [0.5, 0.6) is 0 Å². The van der Waals surface area contributed by atoms with Gasteiger partial charge < -0.3 is 17.0 Å². The Bertz CT molecular complexity index is 297. The predicted octanol–water partition coefficient (Wildman–Crippen LogP) is -1.34. The first-order valence-electron chi connectivity index (χ1n) is 3.86. The number of aromatic amines is 1. The van der Waals surface area contributed by atoms with Gasteiger partial charge in [0.05, 0.1) is 0 Å². The molecule has 1 unspecified atom stereocenters. The summed E-state index contributed by atoms with van der Waals surface area (Å²) in [7, 11) is 0. The molecule has 1 aliphatic heterocycles. The Morgan fingerprint density at radius 3 is 3.21 bits per heavy atom. The van der Waals surface area contributed by atoms with Gasteiger partial charge >= 0.3 is 92.3 Å². The summed E-state index contributed by atoms with van der Waals surface area (Å²) >= 11 is 4.41. The minimum atomic E-state index is 0. The minimum absolute atomic E-state index is 0. The Kier molecular flexibility index (Phi) is 6.21. The van der Waals surface area contributed by atoms with E-state index in [4.69, 9.17) is 0 Å². The molecule has 1 N–H and O–H groups in total. The van der Waals surface area contributed by atoms with Gasteiger partial charge in [-0.05, 0) is 0 Å². The normalized spacial score (nSPS) is 20.1. The smallest absolute Gasteiger partial charge is 1.00 e. The average molecular weight is 356 g/mol. The zero-order chi connectivity index (χ0) is 8.93. The molecule has 1 aromatic rings. The van der Waals surface area contributed by atoms with Gasteiger partial charge in [0.25, 0.3) is 0 Å². The zero-order valence-corrected chi connectivity index (χ0v) is 12.2. The number of nitrogens with one attached hydrogen (secondary N) is 1. The topological polar surface area (TPSA) is 27.0 Å². The number of hydrogen-bond acceptors (Lipinski definition) is 3. The van der Waals surface area contributed by atoms with Crippen molar-refractivity contribution in [2.75, 3.05) is 0 Å². The third-order valence-electron chi connectivity index (χ3n) is 1.44. The molecule has 2 heterocycles. The molecule has 2 nitrogen and oxygen atoms in total. The third-order valence-corrected chi connectivity index (χ3v) is 6.83. The molecule has 76 valence electrons. The van der Waals surface area contributed by atoms with Crippen LogP contribution in [0.15, 0.2) is 34.0 Å². The summed E-state index contributed by atoms with van der Waals surface area (Å²) in [5, 5.41) is 4.53. The van der Waals surface area contributed by atoms with Gasteiger partial charge in [-0.25, -0.2) is 0 Å². The van der Waals surface area contributed by atoms with Crippen molar-refractivity contribution >= 4 is 38.5 Å². The van der Waals surface area contributed by atoms with Crippen LogP contribution in [0.1, 0.15) is 0 Å². The molecule has 1 atom stereocenters. The van der Waals surface area contributed by atoms with Crippen LogP contribution in [-0.4, -0.2) is 24.5 Å². The second-order valence-corrected chi connectivity index (χ2v) is 6.95. The predicted molar refractivity (Wildman–Crippen MR) is 57.7 cm³/mol. The monoisotopic (exact) mass is 356 g/mol. The number of halogens is 1. The SMILES string of the molecule is C1=C[Se]CC(Sc2nccc[nH+]2)S1.[Br-]. The van der Waals surface area contributed by atoms with Crippen LogP contribution in [0.25, 0.3) is 0 Å². The van der Waals surface area contributed by atoms with Crippen molar-refractivity contribution < 1.29 is 22.0 Å². The van der Waals surface area contributed by atoms with Gasteiger partial charge in [-0.2, -0.15) is 0 Å². The molecule has 0 aromatic carbocycles. The fraction of sp³-hybridized carbons (Fsp3) is 0.250. The van der Waals surface area contributed by atoms with E-state index in [1.165, 1.54) is 5.32 Å². The van der Waals surface area contributed by atoms with E-state index in [1.54, 1.807) is 0 Å². The fourth-order valence-corrected chi connectivity index (χ4v) is 5.75. The zero-order valence-electron chi connectivity index (χ0n) is 7.22. The van der Waals surface area contributed by atoms with Gasteiger partial charge in [-0.1, -0.05) is 0 Å². The van der Waals surface area contributed by atoms with E-state index in [0.29, 0.717) is 19.5 Å². The van der Waals surface area contributed by atoms with Crippen molar-refractivity contribution in [2.45, 2.75) is 15.1 Å². The molecule has 1 aromatic heterocycles. The van der Waals surface area contributed by atoms with Crippen LogP contribution >= 0.6 is 23.5 Å². The Hall–Kier alpha value is 0.519. The summed E-state index contributed by atoms with van der Waals surface area (Å²) in [5.41, 5.74) is 0. The van der Waals surface area contributed by atoms with Gasteiger partial charge in [-0.3, -0.25) is 0 Å². The van der Waals surface area contributed by atoms with Crippen LogP contribution < -0.4 is 22.0 Å². The van der Waals surface area contributed by atoms with E-state index in [1.807, 2.05) is 42.0 Å². The van der Waals surface area contributed by atoms with Gasteiger partial charge in [0, 0.05) is 0 Å². The molecule has 0 aliphatic carbocycles. The molecule has 6 heteroatoms. The van der Waals surface area contributed by atoms with Crippen LogP contribution in [-0.2, 0) is 0 Å². The van der Waals surface area contributed by atoms with E-state index in [2.05, 4.69) is 20.4 Å².